The minimum Gasteiger partial charge on any atom is -0.493 e. The third-order valence-electron chi connectivity index (χ3n) is 6.68. The predicted octanol–water partition coefficient (Wildman–Crippen LogP) is 2.52. The molecule has 1 aliphatic heterocycles. The molecule has 1 aliphatic rings. The van der Waals surface area contributed by atoms with Crippen molar-refractivity contribution in [3.8, 4) is 17.2 Å². The zero-order valence-corrected chi connectivity index (χ0v) is 21.4. The van der Waals surface area contributed by atoms with Gasteiger partial charge in [0.1, 0.15) is 9.84 Å². The van der Waals surface area contributed by atoms with Crippen LogP contribution >= 0.6 is 0 Å². The number of nitrogens with zero attached hydrogens (tertiary/aromatic N) is 1. The summed E-state index contributed by atoms with van der Waals surface area (Å²) in [6.45, 7) is 4.52. The zero-order chi connectivity index (χ0) is 25.3. The third-order valence-corrected chi connectivity index (χ3v) is 7.60. The molecule has 0 spiro atoms. The van der Waals surface area contributed by atoms with Crippen LogP contribution in [0.5, 0.6) is 17.2 Å². The van der Waals surface area contributed by atoms with Crippen LogP contribution in [-0.2, 0) is 15.3 Å². The maximum Gasteiger partial charge on any atom is 0.254 e. The third kappa shape index (κ3) is 5.00. The number of aliphatic hydroxyl groups is 1. The van der Waals surface area contributed by atoms with Crippen LogP contribution in [0.15, 0.2) is 30.3 Å². The van der Waals surface area contributed by atoms with Crippen molar-refractivity contribution in [2.75, 3.05) is 46.4 Å². The van der Waals surface area contributed by atoms with E-state index in [2.05, 4.69) is 0 Å². The van der Waals surface area contributed by atoms with E-state index in [1.165, 1.54) is 21.3 Å². The molecule has 1 N–H and O–H groups in total. The van der Waals surface area contributed by atoms with Gasteiger partial charge in [0.05, 0.1) is 33.2 Å². The number of carbonyl (C=O) groups excluding carboxylic acids is 1. The Morgan fingerprint density at radius 3 is 2.18 bits per heavy atom. The van der Waals surface area contributed by atoms with E-state index in [1.807, 2.05) is 32.0 Å². The minimum atomic E-state index is -3.44. The number of aliphatic hydroxyl groups excluding tert-OH is 1. The Balaban J connectivity index is 2.01. The van der Waals surface area contributed by atoms with E-state index in [-0.39, 0.29) is 18.2 Å². The van der Waals surface area contributed by atoms with Crippen molar-refractivity contribution in [3.63, 3.8) is 0 Å². The molecule has 2 atom stereocenters. The van der Waals surface area contributed by atoms with Crippen molar-refractivity contribution < 1.29 is 32.5 Å². The maximum absolute atomic E-state index is 13.5. The molecule has 2 unspecified atom stereocenters. The summed E-state index contributed by atoms with van der Waals surface area (Å²) in [6.07, 6.45) is 0.378. The number of benzene rings is 2. The van der Waals surface area contributed by atoms with Gasteiger partial charge in [0.25, 0.3) is 5.91 Å². The van der Waals surface area contributed by atoms with Gasteiger partial charge in [-0.05, 0) is 49.1 Å². The molecule has 186 valence electrons. The van der Waals surface area contributed by atoms with Gasteiger partial charge in [-0.1, -0.05) is 18.2 Å². The van der Waals surface area contributed by atoms with Crippen LogP contribution in [0.2, 0.25) is 0 Å². The molecule has 1 heterocycles. The second-order valence-corrected chi connectivity index (χ2v) is 11.1. The lowest BCUT2D eigenvalue weighted by molar-refractivity contribution is 0.0728. The van der Waals surface area contributed by atoms with Crippen molar-refractivity contribution >= 4 is 15.7 Å². The van der Waals surface area contributed by atoms with Crippen LogP contribution in [-0.4, -0.2) is 76.9 Å². The molecule has 8 nitrogen and oxygen atoms in total. The molecule has 1 fully saturated rings. The molecule has 9 heteroatoms. The van der Waals surface area contributed by atoms with E-state index < -0.39 is 21.4 Å². The van der Waals surface area contributed by atoms with Gasteiger partial charge in [0.15, 0.2) is 11.5 Å². The van der Waals surface area contributed by atoms with Crippen molar-refractivity contribution in [2.45, 2.75) is 31.8 Å². The smallest absolute Gasteiger partial charge is 0.254 e. The normalized spacial score (nSPS) is 19.1. The Labute approximate surface area is 201 Å². The Bertz CT molecular complexity index is 1150. The lowest BCUT2D eigenvalue weighted by atomic mass is 9.74. The molecule has 0 saturated carbocycles. The van der Waals surface area contributed by atoms with Crippen LogP contribution in [0, 0.1) is 13.8 Å². The lowest BCUT2D eigenvalue weighted by Crippen LogP contribution is -2.46. The van der Waals surface area contributed by atoms with E-state index in [4.69, 9.17) is 14.2 Å². The van der Waals surface area contributed by atoms with Crippen LogP contribution in [0.3, 0.4) is 0 Å². The lowest BCUT2D eigenvalue weighted by Gasteiger charge is -2.35. The molecule has 0 radical (unpaired) electrons. The van der Waals surface area contributed by atoms with Crippen molar-refractivity contribution in [1.29, 1.82) is 0 Å². The first-order chi connectivity index (χ1) is 16.0. The van der Waals surface area contributed by atoms with Crippen LogP contribution in [0.4, 0.5) is 0 Å². The highest BCUT2D eigenvalue weighted by Crippen LogP contribution is 2.42. The quantitative estimate of drug-likeness (QED) is 0.605. The first kappa shape index (κ1) is 25.8. The summed E-state index contributed by atoms with van der Waals surface area (Å²) in [7, 11) is 1.01. The fraction of sp³-hybridized carbons (Fsp3) is 0.480. The van der Waals surface area contributed by atoms with Gasteiger partial charge in [-0.25, -0.2) is 8.42 Å². The largest absolute Gasteiger partial charge is 0.493 e. The number of aryl methyl sites for hydroxylation is 2. The Morgan fingerprint density at radius 1 is 1.06 bits per heavy atom. The van der Waals surface area contributed by atoms with Gasteiger partial charge in [-0.2, -0.15) is 0 Å². The van der Waals surface area contributed by atoms with Gasteiger partial charge in [-0.15, -0.1) is 0 Å². The predicted molar refractivity (Wildman–Crippen MR) is 130 cm³/mol. The highest BCUT2D eigenvalue weighted by molar-refractivity contribution is 7.90. The molecule has 2 aromatic rings. The number of ether oxygens (including phenoxy) is 3. The summed E-state index contributed by atoms with van der Waals surface area (Å²) in [5, 5.41) is 11.2. The molecule has 0 aromatic heterocycles. The number of hydrogen-bond donors (Lipinski definition) is 1. The number of likely N-dealkylation sites (tertiary alicyclic amines) is 1. The summed E-state index contributed by atoms with van der Waals surface area (Å²) in [4.78, 5) is 15.1. The molecule has 1 saturated heterocycles. The Kier molecular flexibility index (Phi) is 7.47. The SMILES string of the molecule is COc1cc(C(=O)N2CCC(c3ccc(C)c(C)c3)(C(O)CS(C)(=O)=O)C2)cc(OC)c1OC. The molecule has 3 rings (SSSR count). The second kappa shape index (κ2) is 9.84. The topological polar surface area (TPSA) is 102 Å². The number of hydrogen-bond acceptors (Lipinski definition) is 7. The molecule has 0 bridgehead atoms. The summed E-state index contributed by atoms with van der Waals surface area (Å²) in [5.41, 5.74) is 2.41. The highest BCUT2D eigenvalue weighted by atomic mass is 32.2. The molecule has 2 aromatic carbocycles. The molecular formula is C25H33NO7S. The van der Waals surface area contributed by atoms with Crippen molar-refractivity contribution in [1.82, 2.24) is 4.90 Å². The first-order valence-corrected chi connectivity index (χ1v) is 13.0. The number of amides is 1. The summed E-state index contributed by atoms with van der Waals surface area (Å²) in [6, 6.07) is 9.04. The monoisotopic (exact) mass is 491 g/mol. The van der Waals surface area contributed by atoms with Crippen molar-refractivity contribution in [3.05, 3.63) is 52.6 Å². The van der Waals surface area contributed by atoms with E-state index in [1.54, 1.807) is 17.0 Å². The van der Waals surface area contributed by atoms with E-state index in [0.29, 0.717) is 35.8 Å². The van der Waals surface area contributed by atoms with E-state index >= 15 is 0 Å². The summed E-state index contributed by atoms with van der Waals surface area (Å²) in [5.74, 6) is 0.461. The first-order valence-electron chi connectivity index (χ1n) is 11.0. The Hall–Kier alpha value is -2.78. The fourth-order valence-electron chi connectivity index (χ4n) is 4.59. The average molecular weight is 492 g/mol. The fourth-order valence-corrected chi connectivity index (χ4v) is 5.48. The van der Waals surface area contributed by atoms with Crippen LogP contribution in [0.1, 0.15) is 33.5 Å². The van der Waals surface area contributed by atoms with Gasteiger partial charge in [-0.3, -0.25) is 4.79 Å². The van der Waals surface area contributed by atoms with E-state index in [0.717, 1.165) is 22.9 Å². The van der Waals surface area contributed by atoms with Gasteiger partial charge in [0.2, 0.25) is 5.75 Å². The van der Waals surface area contributed by atoms with Crippen molar-refractivity contribution in [2.24, 2.45) is 0 Å². The molecular weight excluding hydrogens is 458 g/mol. The average Bonchev–Trinajstić information content (AvgIpc) is 3.25. The Morgan fingerprint density at radius 2 is 1.68 bits per heavy atom. The molecule has 1 amide bonds. The summed E-state index contributed by atoms with van der Waals surface area (Å²) < 4.78 is 40.2. The molecule has 0 aliphatic carbocycles. The summed E-state index contributed by atoms with van der Waals surface area (Å²) >= 11 is 0. The highest BCUT2D eigenvalue weighted by Gasteiger charge is 2.48. The van der Waals surface area contributed by atoms with Crippen LogP contribution < -0.4 is 14.2 Å². The second-order valence-electron chi connectivity index (χ2n) is 8.95. The number of rotatable bonds is 8. The molecule has 34 heavy (non-hydrogen) atoms. The number of carbonyl (C=O) groups is 1. The zero-order valence-electron chi connectivity index (χ0n) is 20.5. The number of sulfone groups is 1. The van der Waals surface area contributed by atoms with Gasteiger partial charge >= 0.3 is 0 Å². The van der Waals surface area contributed by atoms with Crippen LogP contribution in [0.25, 0.3) is 0 Å². The van der Waals surface area contributed by atoms with Gasteiger partial charge in [0, 0.05) is 30.3 Å². The number of methoxy groups -OCH3 is 3. The minimum absolute atomic E-state index is 0.182. The van der Waals surface area contributed by atoms with Gasteiger partial charge < -0.3 is 24.2 Å². The standard InChI is InChI=1S/C25H33NO7S/c1-16-7-8-19(11-17(16)2)25(22(27)14-34(6,29)30)9-10-26(15-25)24(28)18-12-20(31-3)23(33-5)21(13-18)32-4/h7-8,11-13,22,27H,9-10,14-15H2,1-6H3. The van der Waals surface area contributed by atoms with E-state index in [9.17, 15) is 18.3 Å². The maximum atomic E-state index is 13.5.